The van der Waals surface area contributed by atoms with Gasteiger partial charge in [-0.2, -0.15) is 0 Å². The molecule has 1 amide bonds. The summed E-state index contributed by atoms with van der Waals surface area (Å²) in [6.07, 6.45) is 1.62. The zero-order valence-electron chi connectivity index (χ0n) is 10.2. The second-order valence-electron chi connectivity index (χ2n) is 5.17. The van der Waals surface area contributed by atoms with Crippen molar-refractivity contribution in [3.63, 3.8) is 0 Å². The van der Waals surface area contributed by atoms with Crippen molar-refractivity contribution < 1.29 is 4.79 Å². The molecule has 2 atom stereocenters. The van der Waals surface area contributed by atoms with E-state index in [1.54, 1.807) is 0 Å². The number of carbonyl (C=O) groups is 1. The van der Waals surface area contributed by atoms with Crippen molar-refractivity contribution in [1.29, 1.82) is 0 Å². The molecule has 2 nitrogen and oxygen atoms in total. The van der Waals surface area contributed by atoms with E-state index in [2.05, 4.69) is 19.2 Å². The number of hydrogen-bond acceptors (Lipinski definition) is 1. The zero-order valence-corrected chi connectivity index (χ0v) is 11.0. The van der Waals surface area contributed by atoms with Crippen LogP contribution in [0.3, 0.4) is 0 Å². The van der Waals surface area contributed by atoms with Crippen LogP contribution in [0, 0.1) is 5.92 Å². The van der Waals surface area contributed by atoms with Crippen LogP contribution in [-0.4, -0.2) is 11.9 Å². The minimum Gasteiger partial charge on any atom is -0.353 e. The Balaban J connectivity index is 2.17. The van der Waals surface area contributed by atoms with Gasteiger partial charge in [0.25, 0.3) is 0 Å². The number of hydrogen-bond donors (Lipinski definition) is 1. The average Bonchev–Trinajstić information content (AvgIpc) is 2.59. The third-order valence-electron chi connectivity index (χ3n) is 3.26. The van der Waals surface area contributed by atoms with Gasteiger partial charge in [0.15, 0.2) is 0 Å². The number of amides is 1. The first-order valence-corrected chi connectivity index (χ1v) is 6.49. The summed E-state index contributed by atoms with van der Waals surface area (Å²) >= 11 is 5.89. The Morgan fingerprint density at radius 2 is 2.00 bits per heavy atom. The van der Waals surface area contributed by atoms with Gasteiger partial charge < -0.3 is 5.32 Å². The number of halogens is 1. The van der Waals surface area contributed by atoms with E-state index in [-0.39, 0.29) is 11.9 Å². The molecule has 0 spiro atoms. The van der Waals surface area contributed by atoms with Crippen molar-refractivity contribution >= 4 is 17.5 Å². The van der Waals surface area contributed by atoms with Crippen LogP contribution in [0.4, 0.5) is 0 Å². The quantitative estimate of drug-likeness (QED) is 0.877. The largest absolute Gasteiger partial charge is 0.353 e. The fourth-order valence-corrected chi connectivity index (χ4v) is 2.63. The SMILES string of the molecule is CC(C)CC1NC(=O)CC1c1ccc(Cl)cc1. The molecular weight excluding hydrogens is 234 g/mol. The molecule has 1 aliphatic rings. The normalized spacial score (nSPS) is 24.1. The minimum atomic E-state index is 0.163. The summed E-state index contributed by atoms with van der Waals surface area (Å²) in [6.45, 7) is 4.37. The van der Waals surface area contributed by atoms with Gasteiger partial charge in [0.1, 0.15) is 0 Å². The second kappa shape index (κ2) is 5.09. The summed E-state index contributed by atoms with van der Waals surface area (Å²) in [7, 11) is 0. The van der Waals surface area contributed by atoms with E-state index in [1.165, 1.54) is 5.56 Å². The summed E-state index contributed by atoms with van der Waals surface area (Å²) in [4.78, 5) is 11.5. The van der Waals surface area contributed by atoms with E-state index < -0.39 is 0 Å². The molecule has 1 aliphatic heterocycles. The molecule has 1 heterocycles. The van der Waals surface area contributed by atoms with E-state index in [0.717, 1.165) is 11.4 Å². The third-order valence-corrected chi connectivity index (χ3v) is 3.51. The molecule has 0 radical (unpaired) electrons. The van der Waals surface area contributed by atoms with Crippen LogP contribution in [0.1, 0.15) is 38.2 Å². The molecule has 0 bridgehead atoms. The van der Waals surface area contributed by atoms with Crippen molar-refractivity contribution in [2.24, 2.45) is 5.92 Å². The van der Waals surface area contributed by atoms with Gasteiger partial charge in [-0.05, 0) is 30.0 Å². The molecule has 1 aromatic rings. The zero-order chi connectivity index (χ0) is 12.4. The van der Waals surface area contributed by atoms with Crippen molar-refractivity contribution in [2.45, 2.75) is 38.6 Å². The molecule has 1 aromatic carbocycles. The fourth-order valence-electron chi connectivity index (χ4n) is 2.50. The topological polar surface area (TPSA) is 29.1 Å². The summed E-state index contributed by atoms with van der Waals surface area (Å²) < 4.78 is 0. The average molecular weight is 252 g/mol. The fraction of sp³-hybridized carbons (Fsp3) is 0.500. The van der Waals surface area contributed by atoms with Crippen LogP contribution in [0.25, 0.3) is 0 Å². The molecule has 1 fully saturated rings. The monoisotopic (exact) mass is 251 g/mol. The molecular formula is C14H18ClNO. The maximum atomic E-state index is 11.5. The predicted octanol–water partition coefficient (Wildman–Crippen LogP) is 3.36. The summed E-state index contributed by atoms with van der Waals surface area (Å²) in [5.74, 6) is 1.05. The van der Waals surface area contributed by atoms with Gasteiger partial charge in [-0.3, -0.25) is 4.79 Å². The van der Waals surface area contributed by atoms with Crippen molar-refractivity contribution in [1.82, 2.24) is 5.32 Å². The number of nitrogens with one attached hydrogen (secondary N) is 1. The molecule has 0 saturated carbocycles. The maximum absolute atomic E-state index is 11.5. The maximum Gasteiger partial charge on any atom is 0.220 e. The van der Waals surface area contributed by atoms with E-state index in [1.807, 2.05) is 24.3 Å². The lowest BCUT2D eigenvalue weighted by Gasteiger charge is -2.21. The molecule has 92 valence electrons. The minimum absolute atomic E-state index is 0.163. The van der Waals surface area contributed by atoms with Gasteiger partial charge in [-0.25, -0.2) is 0 Å². The van der Waals surface area contributed by atoms with Gasteiger partial charge in [-0.1, -0.05) is 37.6 Å². The lowest BCUT2D eigenvalue weighted by atomic mass is 9.87. The highest BCUT2D eigenvalue weighted by molar-refractivity contribution is 6.30. The first-order valence-electron chi connectivity index (χ1n) is 6.11. The first kappa shape index (κ1) is 12.4. The molecule has 3 heteroatoms. The van der Waals surface area contributed by atoms with Gasteiger partial charge in [-0.15, -0.1) is 0 Å². The Bertz CT molecular complexity index is 399. The van der Waals surface area contributed by atoms with Gasteiger partial charge in [0, 0.05) is 23.4 Å². The lowest BCUT2D eigenvalue weighted by molar-refractivity contribution is -0.119. The number of rotatable bonds is 3. The summed E-state index contributed by atoms with van der Waals surface area (Å²) in [6, 6.07) is 8.11. The Hall–Kier alpha value is -1.02. The summed E-state index contributed by atoms with van der Waals surface area (Å²) in [5, 5.41) is 3.82. The van der Waals surface area contributed by atoms with Gasteiger partial charge in [0.05, 0.1) is 0 Å². The van der Waals surface area contributed by atoms with Crippen molar-refractivity contribution in [3.8, 4) is 0 Å². The Labute approximate surface area is 107 Å². The van der Waals surface area contributed by atoms with Crippen LogP contribution in [0.2, 0.25) is 5.02 Å². The lowest BCUT2D eigenvalue weighted by Crippen LogP contribution is -2.29. The highest BCUT2D eigenvalue weighted by Gasteiger charge is 2.33. The van der Waals surface area contributed by atoms with Crippen LogP contribution >= 0.6 is 11.6 Å². The standard InChI is InChI=1S/C14H18ClNO/c1-9(2)7-13-12(8-14(17)16-13)10-3-5-11(15)6-4-10/h3-6,9,12-13H,7-8H2,1-2H3,(H,16,17). The van der Waals surface area contributed by atoms with E-state index in [9.17, 15) is 4.79 Å². The van der Waals surface area contributed by atoms with E-state index >= 15 is 0 Å². The Morgan fingerprint density at radius 3 is 2.59 bits per heavy atom. The van der Waals surface area contributed by atoms with Crippen molar-refractivity contribution in [3.05, 3.63) is 34.9 Å². The Morgan fingerprint density at radius 1 is 1.35 bits per heavy atom. The Kier molecular flexibility index (Phi) is 3.72. The predicted molar refractivity (Wildman–Crippen MR) is 70.2 cm³/mol. The molecule has 2 rings (SSSR count). The van der Waals surface area contributed by atoms with Gasteiger partial charge >= 0.3 is 0 Å². The number of benzene rings is 1. The third kappa shape index (κ3) is 3.01. The van der Waals surface area contributed by atoms with Crippen LogP contribution in [-0.2, 0) is 4.79 Å². The highest BCUT2D eigenvalue weighted by atomic mass is 35.5. The van der Waals surface area contributed by atoms with Gasteiger partial charge in [0.2, 0.25) is 5.91 Å². The molecule has 2 unspecified atom stereocenters. The van der Waals surface area contributed by atoms with E-state index in [0.29, 0.717) is 18.3 Å². The summed E-state index contributed by atoms with van der Waals surface area (Å²) in [5.41, 5.74) is 1.21. The molecule has 0 aliphatic carbocycles. The first-order chi connectivity index (χ1) is 8.06. The van der Waals surface area contributed by atoms with Crippen LogP contribution in [0.15, 0.2) is 24.3 Å². The van der Waals surface area contributed by atoms with Crippen LogP contribution in [0.5, 0.6) is 0 Å². The number of carbonyl (C=O) groups excluding carboxylic acids is 1. The molecule has 17 heavy (non-hydrogen) atoms. The van der Waals surface area contributed by atoms with E-state index in [4.69, 9.17) is 11.6 Å². The van der Waals surface area contributed by atoms with Crippen molar-refractivity contribution in [2.75, 3.05) is 0 Å². The molecule has 1 N–H and O–H groups in total. The van der Waals surface area contributed by atoms with Crippen LogP contribution < -0.4 is 5.32 Å². The molecule has 1 saturated heterocycles. The smallest absolute Gasteiger partial charge is 0.220 e. The second-order valence-corrected chi connectivity index (χ2v) is 5.60. The molecule has 0 aromatic heterocycles. The highest BCUT2D eigenvalue weighted by Crippen LogP contribution is 2.32.